The zero-order valence-electron chi connectivity index (χ0n) is 5.44. The van der Waals surface area contributed by atoms with Crippen LogP contribution in [0.15, 0.2) is 6.07 Å². The summed E-state index contributed by atoms with van der Waals surface area (Å²) in [6, 6.07) is 0.560. The first kappa shape index (κ1) is 10.1. The molecule has 1 nitrogen and oxygen atoms in total. The van der Waals surface area contributed by atoms with E-state index < -0.39 is 27.3 Å². The molecule has 0 aliphatic heterocycles. The summed E-state index contributed by atoms with van der Waals surface area (Å²) in [6.45, 7) is 0. The predicted octanol–water partition coefficient (Wildman–Crippen LogP) is 1.95. The molecule has 0 aliphatic rings. The van der Waals surface area contributed by atoms with Crippen LogP contribution in [0.4, 0.5) is 8.78 Å². The van der Waals surface area contributed by atoms with Gasteiger partial charge >= 0.3 is 83.5 Å². The van der Waals surface area contributed by atoms with Gasteiger partial charge in [0.2, 0.25) is 0 Å². The van der Waals surface area contributed by atoms with Gasteiger partial charge < -0.3 is 0 Å². The number of hydrogen-bond acceptors (Lipinski definition) is 1. The first-order valence-electron chi connectivity index (χ1n) is 2.74. The van der Waals surface area contributed by atoms with Crippen LogP contribution >= 0.6 is 23.2 Å². The van der Waals surface area contributed by atoms with Crippen molar-refractivity contribution in [3.63, 3.8) is 0 Å². The van der Waals surface area contributed by atoms with Crippen molar-refractivity contribution in [1.29, 1.82) is 0 Å². The normalized spacial score (nSPS) is 10.7. The van der Waals surface area contributed by atoms with Crippen LogP contribution in [0, 0.1) is 11.6 Å². The Kier molecular flexibility index (Phi) is 3.21. The molecule has 0 N–H and O–H groups in total. The molecule has 1 aromatic rings. The van der Waals surface area contributed by atoms with Crippen molar-refractivity contribution in [3.05, 3.63) is 27.7 Å². The summed E-state index contributed by atoms with van der Waals surface area (Å²) in [5.41, 5.74) is 0. The number of halogens is 4. The molecule has 12 heavy (non-hydrogen) atoms. The number of hydrogen-bond donors (Lipinski definition) is 0. The molecule has 6 heteroatoms. The van der Waals surface area contributed by atoms with Gasteiger partial charge in [0.1, 0.15) is 0 Å². The van der Waals surface area contributed by atoms with Gasteiger partial charge in [-0.3, -0.25) is 0 Å². The molecule has 0 unspecified atom stereocenters. The molecule has 0 aliphatic carbocycles. The van der Waals surface area contributed by atoms with E-state index in [2.05, 4.69) is 0 Å². The topological polar surface area (TPSA) is 17.1 Å². The van der Waals surface area contributed by atoms with Gasteiger partial charge in [0.25, 0.3) is 0 Å². The molecule has 0 spiro atoms. The van der Waals surface area contributed by atoms with Crippen molar-refractivity contribution in [1.82, 2.24) is 0 Å². The molecule has 0 radical (unpaired) electrons. The van der Waals surface area contributed by atoms with Gasteiger partial charge in [-0.05, 0) is 0 Å². The molecule has 1 rings (SSSR count). The molecule has 0 atom stereocenters. The second-order valence-electron chi connectivity index (χ2n) is 1.91. The molecule has 0 bridgehead atoms. The summed E-state index contributed by atoms with van der Waals surface area (Å²) < 4.78 is 35.6. The Bertz CT molecular complexity index is 317. The number of rotatable bonds is 1. The first-order valence-corrected chi connectivity index (χ1v) is 5.20. The number of benzene rings is 1. The van der Waals surface area contributed by atoms with E-state index in [0.29, 0.717) is 6.07 Å². The van der Waals surface area contributed by atoms with E-state index in [9.17, 15) is 12.5 Å². The van der Waals surface area contributed by atoms with Crippen LogP contribution in [0.1, 0.15) is 0 Å². The van der Waals surface area contributed by atoms with Gasteiger partial charge in [-0.15, -0.1) is 0 Å². The van der Waals surface area contributed by atoms with Gasteiger partial charge in [-0.1, -0.05) is 0 Å². The van der Waals surface area contributed by atoms with Gasteiger partial charge in [0.05, 0.1) is 0 Å². The molecular formula is C6HAsCl2F2O. The van der Waals surface area contributed by atoms with Gasteiger partial charge in [0.15, 0.2) is 0 Å². The van der Waals surface area contributed by atoms with E-state index in [0.717, 1.165) is 0 Å². The van der Waals surface area contributed by atoms with Crippen LogP contribution in [0.2, 0.25) is 10.0 Å². The third kappa shape index (κ3) is 1.68. The average molecular weight is 273 g/mol. The van der Waals surface area contributed by atoms with Crippen molar-refractivity contribution in [2.45, 2.75) is 0 Å². The third-order valence-corrected chi connectivity index (χ3v) is 3.82. The molecule has 0 saturated carbocycles. The van der Waals surface area contributed by atoms with E-state index in [1.165, 1.54) is 0 Å². The van der Waals surface area contributed by atoms with Crippen LogP contribution in [0.3, 0.4) is 0 Å². The van der Waals surface area contributed by atoms with Crippen LogP contribution in [-0.2, 0) is 3.74 Å². The molecular weight excluding hydrogens is 272 g/mol. The molecule has 0 fully saturated rings. The standard InChI is InChI=1S/C6HAsCl2F2O/c8-5-2(10)1-3(11)6(9)4(5)7-12/h1H. The summed E-state index contributed by atoms with van der Waals surface area (Å²) in [4.78, 5) is 0. The molecule has 0 saturated heterocycles. The van der Waals surface area contributed by atoms with Gasteiger partial charge in [0, 0.05) is 0 Å². The Hall–Kier alpha value is 0.0184. The van der Waals surface area contributed by atoms with Crippen molar-refractivity contribution < 1.29 is 12.5 Å². The van der Waals surface area contributed by atoms with E-state index >= 15 is 0 Å². The zero-order valence-corrected chi connectivity index (χ0v) is 8.83. The van der Waals surface area contributed by atoms with E-state index in [1.807, 2.05) is 0 Å². The summed E-state index contributed by atoms with van der Waals surface area (Å²) in [6.07, 6.45) is 0. The van der Waals surface area contributed by atoms with Gasteiger partial charge in [-0.2, -0.15) is 0 Å². The third-order valence-electron chi connectivity index (χ3n) is 1.18. The van der Waals surface area contributed by atoms with E-state index in [-0.39, 0.29) is 14.4 Å². The van der Waals surface area contributed by atoms with Crippen LogP contribution < -0.4 is 4.35 Å². The Morgan fingerprint density at radius 1 is 1.17 bits per heavy atom. The van der Waals surface area contributed by atoms with Crippen molar-refractivity contribution in [3.8, 4) is 0 Å². The summed E-state index contributed by atoms with van der Waals surface area (Å²) in [5, 5.41) is -0.729. The van der Waals surface area contributed by atoms with Crippen molar-refractivity contribution in [2.75, 3.05) is 0 Å². The van der Waals surface area contributed by atoms with Gasteiger partial charge in [-0.25, -0.2) is 0 Å². The first-order chi connectivity index (χ1) is 5.57. The van der Waals surface area contributed by atoms with Crippen molar-refractivity contribution >= 4 is 43.2 Å². The Balaban J connectivity index is 3.52. The fourth-order valence-corrected chi connectivity index (χ4v) is 2.13. The molecule has 0 amide bonds. The van der Waals surface area contributed by atoms with E-state index in [1.54, 1.807) is 0 Å². The minimum atomic E-state index is -1.63. The predicted molar refractivity (Wildman–Crippen MR) is 42.5 cm³/mol. The molecule has 1 aromatic carbocycles. The maximum atomic E-state index is 12.7. The average Bonchev–Trinajstić information content (AvgIpc) is 2.02. The van der Waals surface area contributed by atoms with Crippen LogP contribution in [0.25, 0.3) is 0 Å². The Morgan fingerprint density at radius 3 is 1.92 bits per heavy atom. The molecule has 0 heterocycles. The molecule has 64 valence electrons. The minimum absolute atomic E-state index is 0.146. The zero-order chi connectivity index (χ0) is 9.30. The summed E-state index contributed by atoms with van der Waals surface area (Å²) >= 11 is 9.11. The van der Waals surface area contributed by atoms with Crippen LogP contribution in [0.5, 0.6) is 0 Å². The SMILES string of the molecule is O=[As]c1c(Cl)c(F)cc(F)c1Cl. The Morgan fingerprint density at radius 2 is 1.58 bits per heavy atom. The second-order valence-corrected chi connectivity index (χ2v) is 3.99. The van der Waals surface area contributed by atoms with E-state index in [4.69, 9.17) is 23.2 Å². The monoisotopic (exact) mass is 272 g/mol. The fourth-order valence-electron chi connectivity index (χ4n) is 0.641. The van der Waals surface area contributed by atoms with Crippen molar-refractivity contribution in [2.24, 2.45) is 0 Å². The van der Waals surface area contributed by atoms with Crippen LogP contribution in [-0.4, -0.2) is 15.7 Å². The summed E-state index contributed by atoms with van der Waals surface area (Å²) in [5.74, 6) is -1.89. The summed E-state index contributed by atoms with van der Waals surface area (Å²) in [7, 11) is 0. The maximum absolute atomic E-state index is 12.7. The molecule has 0 aromatic heterocycles. The Labute approximate surface area is 83.6 Å². The fraction of sp³-hybridized carbons (Fsp3) is 0. The second kappa shape index (κ2) is 3.82. The quantitative estimate of drug-likeness (QED) is 0.564.